The van der Waals surface area contributed by atoms with Gasteiger partial charge in [0.1, 0.15) is 5.78 Å². The summed E-state index contributed by atoms with van der Waals surface area (Å²) >= 11 is 0. The van der Waals surface area contributed by atoms with Gasteiger partial charge in [-0.1, -0.05) is 40.7 Å². The maximum atomic E-state index is 13.6. The average molecular weight is 443 g/mol. The Kier molecular flexibility index (Phi) is 4.41. The Hall–Kier alpha value is -1.79. The first kappa shape index (κ1) is 22.0. The third kappa shape index (κ3) is 2.46. The molecule has 0 bridgehead atoms. The molecule has 5 rings (SSSR count). The highest BCUT2D eigenvalue weighted by Crippen LogP contribution is 2.72. The lowest BCUT2D eigenvalue weighted by Gasteiger charge is -2.67. The minimum absolute atomic E-state index is 0.00242. The van der Waals surface area contributed by atoms with Crippen molar-refractivity contribution in [2.75, 3.05) is 0 Å². The Morgan fingerprint density at radius 1 is 1.03 bits per heavy atom. The van der Waals surface area contributed by atoms with Crippen molar-refractivity contribution < 1.29 is 29.3 Å². The second-order valence-corrected chi connectivity index (χ2v) is 12.1. The number of cyclic esters (lactones) is 1. The molecule has 174 valence electrons. The van der Waals surface area contributed by atoms with Gasteiger partial charge in [-0.15, -0.1) is 0 Å². The van der Waals surface area contributed by atoms with Crippen molar-refractivity contribution in [3.63, 3.8) is 0 Å². The van der Waals surface area contributed by atoms with Gasteiger partial charge in [0.15, 0.2) is 5.78 Å². The maximum absolute atomic E-state index is 13.6. The number of ether oxygens (including phenoxy) is 1. The highest BCUT2D eigenvalue weighted by Gasteiger charge is 2.72. The standard InChI is InChI=1S/C26H34O6/c1-23(2)17-12-19(29)26(5)16(25(17,4)9-7-18(23)28)6-8-24(3)14(11-15(27)21(24)26)13-10-20(30)32-22(13)31/h7,9-10,14,16-17,19,21-22,29,31H,6,8,11-12H2,1-5H3/t14-,16+,17-,19+,21-,22-,24-,25+,26-/m0/s1. The number of hydrogen-bond donors (Lipinski definition) is 2. The third-order valence-electron chi connectivity index (χ3n) is 10.5. The van der Waals surface area contributed by atoms with E-state index in [1.807, 2.05) is 13.8 Å². The quantitative estimate of drug-likeness (QED) is 0.606. The summed E-state index contributed by atoms with van der Waals surface area (Å²) in [4.78, 5) is 38.1. The smallest absolute Gasteiger partial charge is 0.333 e. The van der Waals surface area contributed by atoms with Crippen LogP contribution in [0.15, 0.2) is 23.8 Å². The van der Waals surface area contributed by atoms with E-state index < -0.39 is 34.6 Å². The molecule has 1 aliphatic heterocycles. The van der Waals surface area contributed by atoms with E-state index in [0.717, 1.165) is 12.8 Å². The van der Waals surface area contributed by atoms with Crippen LogP contribution in [-0.2, 0) is 19.1 Å². The number of aliphatic hydroxyl groups excluding tert-OH is 2. The first-order valence-electron chi connectivity index (χ1n) is 11.8. The predicted octanol–water partition coefficient (Wildman–Crippen LogP) is 2.97. The molecule has 2 N–H and O–H groups in total. The molecule has 6 nitrogen and oxygen atoms in total. The van der Waals surface area contributed by atoms with Crippen molar-refractivity contribution in [2.24, 2.45) is 45.3 Å². The maximum Gasteiger partial charge on any atom is 0.333 e. The van der Waals surface area contributed by atoms with Gasteiger partial charge in [-0.05, 0) is 53.9 Å². The average Bonchev–Trinajstić information content (AvgIpc) is 3.16. The summed E-state index contributed by atoms with van der Waals surface area (Å²) in [6.07, 6.45) is 5.38. The number of esters is 1. The SMILES string of the molecule is CC1(C)C(=O)C=C[C@]2(C)[C@H]3CC[C@@]4(C)[C@H](C5=CC(=O)O[C@@H]5O)CC(=O)[C@@H]4[C@]3(C)[C@H](O)C[C@@H]12. The summed E-state index contributed by atoms with van der Waals surface area (Å²) < 4.78 is 4.94. The number of Topliss-reactive ketones (excluding diaryl/α,β-unsaturated/α-hetero) is 1. The van der Waals surface area contributed by atoms with Gasteiger partial charge >= 0.3 is 5.97 Å². The fourth-order valence-corrected chi connectivity index (χ4v) is 8.98. The molecular formula is C26H34O6. The molecule has 3 saturated carbocycles. The number of rotatable bonds is 1. The van der Waals surface area contributed by atoms with Crippen molar-refractivity contribution >= 4 is 17.5 Å². The topological polar surface area (TPSA) is 101 Å². The normalized spacial score (nSPS) is 51.6. The van der Waals surface area contributed by atoms with Gasteiger partial charge in [-0.3, -0.25) is 9.59 Å². The molecule has 0 amide bonds. The number of carbonyl (C=O) groups is 3. The Morgan fingerprint density at radius 3 is 2.34 bits per heavy atom. The van der Waals surface area contributed by atoms with E-state index in [2.05, 4.69) is 26.8 Å². The molecule has 0 radical (unpaired) electrons. The van der Waals surface area contributed by atoms with E-state index in [1.54, 1.807) is 6.08 Å². The van der Waals surface area contributed by atoms with E-state index in [1.165, 1.54) is 6.08 Å². The highest BCUT2D eigenvalue weighted by atomic mass is 16.6. The van der Waals surface area contributed by atoms with Crippen LogP contribution in [-0.4, -0.2) is 40.1 Å². The van der Waals surface area contributed by atoms with E-state index >= 15 is 0 Å². The lowest BCUT2D eigenvalue weighted by Crippen LogP contribution is -2.66. The number of aliphatic hydroxyl groups is 2. The summed E-state index contributed by atoms with van der Waals surface area (Å²) in [6, 6.07) is 0. The van der Waals surface area contributed by atoms with Gasteiger partial charge in [-0.2, -0.15) is 0 Å². The number of fused-ring (bicyclic) bond motifs is 5. The molecule has 0 saturated heterocycles. The van der Waals surface area contributed by atoms with E-state index in [4.69, 9.17) is 4.74 Å². The molecule has 32 heavy (non-hydrogen) atoms. The van der Waals surface area contributed by atoms with Crippen molar-refractivity contribution in [2.45, 2.75) is 72.7 Å². The number of ketones is 2. The van der Waals surface area contributed by atoms with Crippen LogP contribution in [0.2, 0.25) is 0 Å². The van der Waals surface area contributed by atoms with Crippen LogP contribution in [0.25, 0.3) is 0 Å². The molecule has 0 aromatic heterocycles. The Balaban J connectivity index is 1.60. The Morgan fingerprint density at radius 2 is 1.72 bits per heavy atom. The van der Waals surface area contributed by atoms with Gasteiger partial charge in [0.2, 0.25) is 6.29 Å². The van der Waals surface area contributed by atoms with Crippen LogP contribution >= 0.6 is 0 Å². The lowest BCUT2D eigenvalue weighted by atomic mass is 9.37. The molecule has 4 aliphatic carbocycles. The molecule has 0 aromatic rings. The number of allylic oxidation sites excluding steroid dienone is 2. The van der Waals surface area contributed by atoms with E-state index in [0.29, 0.717) is 12.0 Å². The van der Waals surface area contributed by atoms with Crippen LogP contribution in [0, 0.1) is 45.3 Å². The molecule has 6 heteroatoms. The summed E-state index contributed by atoms with van der Waals surface area (Å²) in [5, 5.41) is 22.0. The molecule has 5 aliphatic rings. The molecule has 0 aromatic carbocycles. The molecule has 1 heterocycles. The first-order valence-corrected chi connectivity index (χ1v) is 11.8. The monoisotopic (exact) mass is 442 g/mol. The summed E-state index contributed by atoms with van der Waals surface area (Å²) in [5.41, 5.74) is -1.49. The zero-order valence-electron chi connectivity index (χ0n) is 19.6. The molecular weight excluding hydrogens is 408 g/mol. The predicted molar refractivity (Wildman–Crippen MR) is 116 cm³/mol. The summed E-state index contributed by atoms with van der Waals surface area (Å²) in [5.74, 6) is -0.995. The minimum Gasteiger partial charge on any atom is -0.429 e. The Labute approximate surface area is 189 Å². The summed E-state index contributed by atoms with van der Waals surface area (Å²) in [7, 11) is 0. The zero-order valence-corrected chi connectivity index (χ0v) is 19.6. The van der Waals surface area contributed by atoms with Gasteiger partial charge in [0, 0.05) is 34.8 Å². The van der Waals surface area contributed by atoms with Gasteiger partial charge < -0.3 is 14.9 Å². The molecule has 0 unspecified atom stereocenters. The minimum atomic E-state index is -1.30. The summed E-state index contributed by atoms with van der Waals surface area (Å²) in [6.45, 7) is 10.3. The highest BCUT2D eigenvalue weighted by molar-refractivity contribution is 5.96. The molecule has 9 atom stereocenters. The van der Waals surface area contributed by atoms with Gasteiger partial charge in [-0.25, -0.2) is 4.79 Å². The van der Waals surface area contributed by atoms with E-state index in [9.17, 15) is 24.6 Å². The van der Waals surface area contributed by atoms with Crippen LogP contribution in [0.4, 0.5) is 0 Å². The second-order valence-electron chi connectivity index (χ2n) is 12.1. The largest absolute Gasteiger partial charge is 0.429 e. The molecule has 3 fully saturated rings. The Bertz CT molecular complexity index is 977. The van der Waals surface area contributed by atoms with Gasteiger partial charge in [0.05, 0.1) is 6.10 Å². The van der Waals surface area contributed by atoms with Gasteiger partial charge in [0.25, 0.3) is 0 Å². The lowest BCUT2D eigenvalue weighted by molar-refractivity contribution is -0.211. The third-order valence-corrected chi connectivity index (χ3v) is 10.5. The van der Waals surface area contributed by atoms with Crippen LogP contribution in [0.1, 0.15) is 60.3 Å². The van der Waals surface area contributed by atoms with Crippen LogP contribution in [0.3, 0.4) is 0 Å². The molecule has 0 spiro atoms. The van der Waals surface area contributed by atoms with Crippen molar-refractivity contribution in [3.8, 4) is 0 Å². The number of hydrogen-bond acceptors (Lipinski definition) is 6. The zero-order chi connectivity index (χ0) is 23.4. The first-order chi connectivity index (χ1) is 14.8. The fraction of sp³-hybridized carbons (Fsp3) is 0.731. The fourth-order valence-electron chi connectivity index (χ4n) is 8.98. The van der Waals surface area contributed by atoms with E-state index in [-0.39, 0.29) is 47.1 Å². The number of carbonyl (C=O) groups excluding carboxylic acids is 3. The second kappa shape index (κ2) is 6.41. The van der Waals surface area contributed by atoms with Crippen LogP contribution < -0.4 is 0 Å². The van der Waals surface area contributed by atoms with Crippen LogP contribution in [0.5, 0.6) is 0 Å². The van der Waals surface area contributed by atoms with Crippen molar-refractivity contribution in [1.29, 1.82) is 0 Å². The van der Waals surface area contributed by atoms with Crippen molar-refractivity contribution in [3.05, 3.63) is 23.8 Å². The van der Waals surface area contributed by atoms with Crippen molar-refractivity contribution in [1.82, 2.24) is 0 Å².